The van der Waals surface area contributed by atoms with Crippen molar-refractivity contribution >= 4 is 34.3 Å². The first-order valence-electron chi connectivity index (χ1n) is 8.77. The van der Waals surface area contributed by atoms with Crippen molar-refractivity contribution in [1.82, 2.24) is 4.98 Å². The van der Waals surface area contributed by atoms with Crippen molar-refractivity contribution in [2.75, 3.05) is 5.32 Å². The van der Waals surface area contributed by atoms with Crippen LogP contribution in [0, 0.1) is 27.7 Å². The number of amides is 1. The molecular weight excluding hydrogens is 340 g/mol. The monoisotopic (exact) mass is 364 g/mol. The van der Waals surface area contributed by atoms with Crippen molar-refractivity contribution < 1.29 is 4.79 Å². The number of benzene rings is 2. The van der Waals surface area contributed by atoms with E-state index in [2.05, 4.69) is 41.5 Å². The predicted octanol–water partition coefficient (Wildman–Crippen LogP) is 5.59. The molecule has 1 heterocycles. The van der Waals surface area contributed by atoms with Gasteiger partial charge in [0, 0.05) is 21.7 Å². The first-order chi connectivity index (χ1) is 12.3. The van der Waals surface area contributed by atoms with E-state index in [1.54, 1.807) is 11.8 Å². The SMILES string of the molecule is Cc1cc(C)c(NC(=O)C(C)Sc2cccc3ccc(C)nc23)c(C)c1. The number of aryl methyl sites for hydroxylation is 4. The quantitative estimate of drug-likeness (QED) is 0.614. The van der Waals surface area contributed by atoms with Crippen LogP contribution < -0.4 is 5.32 Å². The molecule has 1 atom stereocenters. The van der Waals surface area contributed by atoms with Crippen LogP contribution in [0.3, 0.4) is 0 Å². The highest BCUT2D eigenvalue weighted by atomic mass is 32.2. The number of aromatic nitrogens is 1. The van der Waals surface area contributed by atoms with Gasteiger partial charge in [0.05, 0.1) is 10.8 Å². The van der Waals surface area contributed by atoms with Crippen LogP contribution >= 0.6 is 11.8 Å². The lowest BCUT2D eigenvalue weighted by Crippen LogP contribution is -2.23. The molecule has 0 bridgehead atoms. The fourth-order valence-corrected chi connectivity index (χ4v) is 4.14. The largest absolute Gasteiger partial charge is 0.325 e. The van der Waals surface area contributed by atoms with Crippen LogP contribution in [0.15, 0.2) is 47.4 Å². The minimum Gasteiger partial charge on any atom is -0.325 e. The zero-order chi connectivity index (χ0) is 18.8. The van der Waals surface area contributed by atoms with Gasteiger partial charge in [0.15, 0.2) is 0 Å². The van der Waals surface area contributed by atoms with Crippen LogP contribution in [0.25, 0.3) is 10.9 Å². The van der Waals surface area contributed by atoms with Crippen molar-refractivity contribution in [2.45, 2.75) is 44.8 Å². The number of hydrogen-bond acceptors (Lipinski definition) is 3. The minimum absolute atomic E-state index is 0.00899. The Balaban J connectivity index is 1.81. The number of carbonyl (C=O) groups is 1. The van der Waals surface area contributed by atoms with Gasteiger partial charge in [-0.25, -0.2) is 0 Å². The van der Waals surface area contributed by atoms with Gasteiger partial charge >= 0.3 is 0 Å². The lowest BCUT2D eigenvalue weighted by atomic mass is 10.1. The van der Waals surface area contributed by atoms with Gasteiger partial charge in [-0.15, -0.1) is 11.8 Å². The number of pyridine rings is 1. The van der Waals surface area contributed by atoms with Crippen molar-refractivity contribution in [3.05, 3.63) is 64.8 Å². The number of fused-ring (bicyclic) bond motifs is 1. The van der Waals surface area contributed by atoms with E-state index in [1.807, 2.05) is 45.9 Å². The van der Waals surface area contributed by atoms with Gasteiger partial charge in [-0.3, -0.25) is 9.78 Å². The Morgan fingerprint density at radius 3 is 2.42 bits per heavy atom. The molecule has 4 heteroatoms. The Morgan fingerprint density at radius 1 is 1.04 bits per heavy atom. The van der Waals surface area contributed by atoms with Crippen molar-refractivity contribution in [2.24, 2.45) is 0 Å². The lowest BCUT2D eigenvalue weighted by molar-refractivity contribution is -0.115. The summed E-state index contributed by atoms with van der Waals surface area (Å²) in [6.07, 6.45) is 0. The van der Waals surface area contributed by atoms with E-state index in [4.69, 9.17) is 0 Å². The highest BCUT2D eigenvalue weighted by Gasteiger charge is 2.18. The van der Waals surface area contributed by atoms with Crippen LogP contribution in [0.1, 0.15) is 29.3 Å². The third-order valence-corrected chi connectivity index (χ3v) is 5.57. The summed E-state index contributed by atoms with van der Waals surface area (Å²) in [5.74, 6) is 0.00899. The van der Waals surface area contributed by atoms with Gasteiger partial charge in [-0.05, 0) is 57.9 Å². The van der Waals surface area contributed by atoms with E-state index in [-0.39, 0.29) is 11.2 Å². The van der Waals surface area contributed by atoms with Crippen LogP contribution in [0.5, 0.6) is 0 Å². The zero-order valence-electron chi connectivity index (χ0n) is 15.9. The summed E-state index contributed by atoms with van der Waals surface area (Å²) >= 11 is 1.55. The van der Waals surface area contributed by atoms with Crippen molar-refractivity contribution in [3.63, 3.8) is 0 Å². The molecule has 1 aromatic heterocycles. The Morgan fingerprint density at radius 2 is 1.73 bits per heavy atom. The van der Waals surface area contributed by atoms with E-state index in [0.29, 0.717) is 0 Å². The maximum absolute atomic E-state index is 12.8. The minimum atomic E-state index is -0.219. The lowest BCUT2D eigenvalue weighted by Gasteiger charge is -2.16. The summed E-state index contributed by atoms with van der Waals surface area (Å²) in [6.45, 7) is 10.1. The summed E-state index contributed by atoms with van der Waals surface area (Å²) in [5, 5.41) is 3.98. The summed E-state index contributed by atoms with van der Waals surface area (Å²) in [4.78, 5) is 18.4. The molecular formula is C22H24N2OS. The molecule has 0 fully saturated rings. The molecule has 1 unspecified atom stereocenters. The second kappa shape index (κ2) is 7.50. The van der Waals surface area contributed by atoms with Gasteiger partial charge in [0.1, 0.15) is 0 Å². The molecule has 0 radical (unpaired) electrons. The highest BCUT2D eigenvalue weighted by molar-refractivity contribution is 8.00. The van der Waals surface area contributed by atoms with E-state index >= 15 is 0 Å². The summed E-state index contributed by atoms with van der Waals surface area (Å²) in [6, 6.07) is 14.4. The van der Waals surface area contributed by atoms with Crippen molar-refractivity contribution in [3.8, 4) is 0 Å². The van der Waals surface area contributed by atoms with E-state index in [1.165, 1.54) is 5.56 Å². The molecule has 134 valence electrons. The van der Waals surface area contributed by atoms with E-state index in [0.717, 1.165) is 38.3 Å². The van der Waals surface area contributed by atoms with Gasteiger partial charge in [0.25, 0.3) is 0 Å². The Labute approximate surface area is 159 Å². The molecule has 0 saturated heterocycles. The fourth-order valence-electron chi connectivity index (χ4n) is 3.16. The number of nitrogens with zero attached hydrogens (tertiary/aromatic N) is 1. The van der Waals surface area contributed by atoms with Crippen LogP contribution in [-0.4, -0.2) is 16.1 Å². The van der Waals surface area contributed by atoms with Crippen LogP contribution in [0.4, 0.5) is 5.69 Å². The summed E-state index contributed by atoms with van der Waals surface area (Å²) in [5.41, 5.74) is 6.25. The number of carbonyl (C=O) groups excluding carboxylic acids is 1. The normalized spacial score (nSPS) is 12.2. The Kier molecular flexibility index (Phi) is 5.33. The zero-order valence-corrected chi connectivity index (χ0v) is 16.7. The van der Waals surface area contributed by atoms with Gasteiger partial charge in [-0.2, -0.15) is 0 Å². The maximum atomic E-state index is 12.8. The van der Waals surface area contributed by atoms with Crippen LogP contribution in [0.2, 0.25) is 0 Å². The molecule has 1 amide bonds. The molecule has 0 spiro atoms. The second-order valence-electron chi connectivity index (χ2n) is 6.80. The molecule has 0 saturated carbocycles. The molecule has 0 aliphatic heterocycles. The molecule has 0 aliphatic rings. The average Bonchev–Trinajstić information content (AvgIpc) is 2.58. The molecule has 26 heavy (non-hydrogen) atoms. The number of nitrogens with one attached hydrogen (secondary N) is 1. The maximum Gasteiger partial charge on any atom is 0.237 e. The Hall–Kier alpha value is -2.33. The second-order valence-corrected chi connectivity index (χ2v) is 8.19. The fraction of sp³-hybridized carbons (Fsp3) is 0.273. The average molecular weight is 365 g/mol. The smallest absolute Gasteiger partial charge is 0.237 e. The first kappa shape index (κ1) is 18.5. The van der Waals surface area contributed by atoms with Gasteiger partial charge in [0.2, 0.25) is 5.91 Å². The number of hydrogen-bond donors (Lipinski definition) is 1. The number of rotatable bonds is 4. The first-order valence-corrected chi connectivity index (χ1v) is 9.65. The number of anilines is 1. The van der Waals surface area contributed by atoms with E-state index < -0.39 is 0 Å². The van der Waals surface area contributed by atoms with Gasteiger partial charge in [-0.1, -0.05) is 35.9 Å². The number of thioether (sulfide) groups is 1. The topological polar surface area (TPSA) is 42.0 Å². The molecule has 2 aromatic carbocycles. The molecule has 1 N–H and O–H groups in total. The van der Waals surface area contributed by atoms with Gasteiger partial charge < -0.3 is 5.32 Å². The van der Waals surface area contributed by atoms with E-state index in [9.17, 15) is 4.79 Å². The highest BCUT2D eigenvalue weighted by Crippen LogP contribution is 2.31. The predicted molar refractivity (Wildman–Crippen MR) is 111 cm³/mol. The Bertz CT molecular complexity index is 958. The number of para-hydroxylation sites is 1. The van der Waals surface area contributed by atoms with Crippen molar-refractivity contribution in [1.29, 1.82) is 0 Å². The standard InChI is InChI=1S/C22H24N2OS/c1-13-11-14(2)20(15(3)12-13)24-22(25)17(5)26-19-8-6-7-18-10-9-16(4)23-21(18)19/h6-12,17H,1-5H3,(H,24,25). The molecule has 3 nitrogen and oxygen atoms in total. The summed E-state index contributed by atoms with van der Waals surface area (Å²) < 4.78 is 0. The van der Waals surface area contributed by atoms with Crippen LogP contribution in [-0.2, 0) is 4.79 Å². The summed E-state index contributed by atoms with van der Waals surface area (Å²) in [7, 11) is 0. The molecule has 0 aliphatic carbocycles. The molecule has 3 rings (SSSR count). The third kappa shape index (κ3) is 3.91. The third-order valence-electron chi connectivity index (χ3n) is 4.42. The molecule has 3 aromatic rings.